The van der Waals surface area contributed by atoms with E-state index in [0.29, 0.717) is 18.9 Å². The molecule has 37 heavy (non-hydrogen) atoms. The lowest BCUT2D eigenvalue weighted by Gasteiger charge is -2.09. The quantitative estimate of drug-likeness (QED) is 0.215. The second-order valence-electron chi connectivity index (χ2n) is 8.03. The fourth-order valence-corrected chi connectivity index (χ4v) is 3.55. The molecule has 0 saturated heterocycles. The van der Waals surface area contributed by atoms with Gasteiger partial charge in [0.15, 0.2) is 5.76 Å². The first-order valence-corrected chi connectivity index (χ1v) is 11.4. The SMILES string of the molecule is O=C(c1ccc([N+](=O)[O-])cc1)n1nc(-c2ccco2)nc1NCc1ccc(OCc2ccccc2)cc1. The standard InChI is InChI=1S/C27H21N5O5/c33-26(21-10-12-22(13-11-21)32(34)35)31-27(29-25(30-31)24-7-4-16-36-24)28-17-19-8-14-23(15-9-19)37-18-20-5-2-1-3-6-20/h1-16H,17-18H2,(H,28,29,30). The summed E-state index contributed by atoms with van der Waals surface area (Å²) in [5.41, 5.74) is 2.13. The summed E-state index contributed by atoms with van der Waals surface area (Å²) in [6.45, 7) is 0.838. The molecule has 2 heterocycles. The highest BCUT2D eigenvalue weighted by Gasteiger charge is 2.20. The van der Waals surface area contributed by atoms with E-state index < -0.39 is 10.8 Å². The Morgan fingerprint density at radius 1 is 0.946 bits per heavy atom. The van der Waals surface area contributed by atoms with Gasteiger partial charge in [0.1, 0.15) is 12.4 Å². The molecule has 10 heteroatoms. The number of carbonyl (C=O) groups is 1. The highest BCUT2D eigenvalue weighted by atomic mass is 16.6. The number of hydrogen-bond acceptors (Lipinski definition) is 8. The maximum Gasteiger partial charge on any atom is 0.281 e. The van der Waals surface area contributed by atoms with Crippen molar-refractivity contribution in [2.24, 2.45) is 0 Å². The minimum absolute atomic E-state index is 0.110. The number of furan rings is 1. The number of rotatable bonds is 9. The summed E-state index contributed by atoms with van der Waals surface area (Å²) < 4.78 is 12.3. The third-order valence-corrected chi connectivity index (χ3v) is 5.49. The molecule has 0 aliphatic carbocycles. The zero-order chi connectivity index (χ0) is 25.6. The summed E-state index contributed by atoms with van der Waals surface area (Å²) in [5, 5.41) is 18.4. The van der Waals surface area contributed by atoms with Gasteiger partial charge in [-0.2, -0.15) is 9.67 Å². The first-order chi connectivity index (χ1) is 18.1. The summed E-state index contributed by atoms with van der Waals surface area (Å²) in [6.07, 6.45) is 1.49. The van der Waals surface area contributed by atoms with Crippen molar-refractivity contribution < 1.29 is 18.9 Å². The topological polar surface area (TPSA) is 125 Å². The van der Waals surface area contributed by atoms with Crippen LogP contribution < -0.4 is 10.1 Å². The van der Waals surface area contributed by atoms with Gasteiger partial charge in [0.25, 0.3) is 11.6 Å². The van der Waals surface area contributed by atoms with Gasteiger partial charge in [-0.15, -0.1) is 5.10 Å². The number of nitro groups is 1. The van der Waals surface area contributed by atoms with Crippen LogP contribution in [0.2, 0.25) is 0 Å². The number of ether oxygens (including phenoxy) is 1. The molecular weight excluding hydrogens is 474 g/mol. The van der Waals surface area contributed by atoms with E-state index in [1.165, 1.54) is 30.5 Å². The highest BCUT2D eigenvalue weighted by Crippen LogP contribution is 2.21. The van der Waals surface area contributed by atoms with Crippen molar-refractivity contribution in [2.45, 2.75) is 13.2 Å². The molecule has 0 unspecified atom stereocenters. The summed E-state index contributed by atoms with van der Waals surface area (Å²) in [6, 6.07) is 26.2. The lowest BCUT2D eigenvalue weighted by Crippen LogP contribution is -2.17. The summed E-state index contributed by atoms with van der Waals surface area (Å²) in [5.74, 6) is 1.08. The number of carbonyl (C=O) groups excluding carboxylic acids is 1. The van der Waals surface area contributed by atoms with Crippen LogP contribution in [0, 0.1) is 10.1 Å². The molecule has 0 atom stereocenters. The smallest absolute Gasteiger partial charge is 0.281 e. The molecule has 0 bridgehead atoms. The number of nitrogens with zero attached hydrogens (tertiary/aromatic N) is 4. The van der Waals surface area contributed by atoms with Gasteiger partial charge in [-0.25, -0.2) is 0 Å². The van der Waals surface area contributed by atoms with Gasteiger partial charge < -0.3 is 14.5 Å². The van der Waals surface area contributed by atoms with Gasteiger partial charge in [-0.3, -0.25) is 14.9 Å². The van der Waals surface area contributed by atoms with Gasteiger partial charge in [-0.05, 0) is 47.5 Å². The Labute approximate surface area is 211 Å². The first kappa shape index (κ1) is 23.5. The number of benzene rings is 3. The molecule has 184 valence electrons. The minimum Gasteiger partial charge on any atom is -0.489 e. The van der Waals surface area contributed by atoms with Crippen LogP contribution in [-0.4, -0.2) is 25.6 Å². The predicted octanol–water partition coefficient (Wildman–Crippen LogP) is 5.33. The molecule has 0 radical (unpaired) electrons. The lowest BCUT2D eigenvalue weighted by molar-refractivity contribution is -0.384. The van der Waals surface area contributed by atoms with E-state index in [4.69, 9.17) is 9.15 Å². The van der Waals surface area contributed by atoms with Crippen molar-refractivity contribution in [1.29, 1.82) is 0 Å². The van der Waals surface area contributed by atoms with Gasteiger partial charge in [0.05, 0.1) is 11.2 Å². The maximum atomic E-state index is 13.2. The Morgan fingerprint density at radius 3 is 2.38 bits per heavy atom. The van der Waals surface area contributed by atoms with Crippen LogP contribution in [0.4, 0.5) is 11.6 Å². The van der Waals surface area contributed by atoms with Gasteiger partial charge in [0, 0.05) is 24.2 Å². The van der Waals surface area contributed by atoms with Crippen LogP contribution in [0.15, 0.2) is 102 Å². The van der Waals surface area contributed by atoms with Crippen molar-refractivity contribution in [3.05, 3.63) is 124 Å². The summed E-state index contributed by atoms with van der Waals surface area (Å²) in [4.78, 5) is 28.0. The van der Waals surface area contributed by atoms with Crippen LogP contribution in [-0.2, 0) is 13.2 Å². The molecule has 5 rings (SSSR count). The second-order valence-corrected chi connectivity index (χ2v) is 8.03. The average molecular weight is 495 g/mol. The van der Waals surface area contributed by atoms with E-state index in [1.807, 2.05) is 54.6 Å². The zero-order valence-electron chi connectivity index (χ0n) is 19.5. The average Bonchev–Trinajstić information content (AvgIpc) is 3.62. The lowest BCUT2D eigenvalue weighted by atomic mass is 10.2. The molecule has 2 aromatic heterocycles. The largest absolute Gasteiger partial charge is 0.489 e. The molecule has 0 fully saturated rings. The Morgan fingerprint density at radius 2 is 1.70 bits per heavy atom. The van der Waals surface area contributed by atoms with Crippen LogP contribution in [0.1, 0.15) is 21.5 Å². The third-order valence-electron chi connectivity index (χ3n) is 5.49. The maximum absolute atomic E-state index is 13.2. The van der Waals surface area contributed by atoms with Crippen molar-refractivity contribution in [3.8, 4) is 17.3 Å². The zero-order valence-corrected chi connectivity index (χ0v) is 19.5. The molecule has 10 nitrogen and oxygen atoms in total. The fourth-order valence-electron chi connectivity index (χ4n) is 3.55. The minimum atomic E-state index is -0.524. The van der Waals surface area contributed by atoms with E-state index in [2.05, 4.69) is 15.4 Å². The van der Waals surface area contributed by atoms with Gasteiger partial charge in [0.2, 0.25) is 11.8 Å². The molecule has 0 saturated carbocycles. The Hall–Kier alpha value is -5.25. The number of non-ortho nitro benzene ring substituents is 1. The predicted molar refractivity (Wildman–Crippen MR) is 135 cm³/mol. The van der Waals surface area contributed by atoms with Crippen molar-refractivity contribution in [1.82, 2.24) is 14.8 Å². The molecule has 1 N–H and O–H groups in total. The second kappa shape index (κ2) is 10.6. The van der Waals surface area contributed by atoms with E-state index in [0.717, 1.165) is 21.6 Å². The van der Waals surface area contributed by atoms with Crippen LogP contribution >= 0.6 is 0 Å². The molecule has 3 aromatic carbocycles. The van der Waals surface area contributed by atoms with Crippen LogP contribution in [0.25, 0.3) is 11.6 Å². The number of aromatic nitrogens is 3. The molecule has 0 spiro atoms. The summed E-state index contributed by atoms with van der Waals surface area (Å²) >= 11 is 0. The van der Waals surface area contributed by atoms with Gasteiger partial charge in [-0.1, -0.05) is 42.5 Å². The van der Waals surface area contributed by atoms with Crippen LogP contribution in [0.3, 0.4) is 0 Å². The molecular formula is C27H21N5O5. The van der Waals surface area contributed by atoms with Crippen molar-refractivity contribution in [2.75, 3.05) is 5.32 Å². The fraction of sp³-hybridized carbons (Fsp3) is 0.0741. The number of nitro benzene ring substituents is 1. The monoisotopic (exact) mass is 495 g/mol. The summed E-state index contributed by atoms with van der Waals surface area (Å²) in [7, 11) is 0. The van der Waals surface area contributed by atoms with E-state index in [1.54, 1.807) is 12.1 Å². The van der Waals surface area contributed by atoms with E-state index in [-0.39, 0.29) is 23.0 Å². The van der Waals surface area contributed by atoms with Gasteiger partial charge >= 0.3 is 0 Å². The number of anilines is 1. The molecule has 0 aliphatic rings. The number of nitrogens with one attached hydrogen (secondary N) is 1. The Balaban J connectivity index is 1.31. The Kier molecular flexibility index (Phi) is 6.71. The van der Waals surface area contributed by atoms with Crippen molar-refractivity contribution >= 4 is 17.5 Å². The molecule has 0 amide bonds. The molecule has 0 aliphatic heterocycles. The normalized spacial score (nSPS) is 10.7. The third kappa shape index (κ3) is 5.54. The van der Waals surface area contributed by atoms with E-state index in [9.17, 15) is 14.9 Å². The number of hydrogen-bond donors (Lipinski definition) is 1. The highest BCUT2D eigenvalue weighted by molar-refractivity contribution is 5.97. The van der Waals surface area contributed by atoms with E-state index >= 15 is 0 Å². The molecule has 5 aromatic rings. The van der Waals surface area contributed by atoms with Crippen LogP contribution in [0.5, 0.6) is 5.75 Å². The first-order valence-electron chi connectivity index (χ1n) is 11.4. The Bertz CT molecular complexity index is 1500. The van der Waals surface area contributed by atoms with Crippen molar-refractivity contribution in [3.63, 3.8) is 0 Å².